The molecule has 5 nitrogen and oxygen atoms in total. The van der Waals surface area contributed by atoms with Gasteiger partial charge in [-0.2, -0.15) is 0 Å². The van der Waals surface area contributed by atoms with Crippen molar-refractivity contribution < 1.29 is 8.78 Å². The van der Waals surface area contributed by atoms with E-state index < -0.39 is 11.8 Å². The number of halogens is 2. The van der Waals surface area contributed by atoms with Crippen LogP contribution in [0, 0.1) is 12.8 Å². The van der Waals surface area contributed by atoms with Crippen LogP contribution in [0.15, 0.2) is 12.4 Å². The minimum absolute atomic E-state index is 0.00494. The maximum atomic E-state index is 13.8. The Hall–Kier alpha value is -1.79. The Kier molecular flexibility index (Phi) is 3.27. The fraction of sp³-hybridized carbons (Fsp3) is 0.615. The van der Waals surface area contributed by atoms with Crippen molar-refractivity contribution in [1.82, 2.24) is 19.6 Å². The second-order valence-electron chi connectivity index (χ2n) is 5.33. The normalized spacial score (nSPS) is 22.1. The average Bonchev–Trinajstić information content (AvgIpc) is 2.86. The number of nitrogens with zero attached hydrogens (tertiary/aromatic N) is 4. The molecule has 0 amide bonds. The summed E-state index contributed by atoms with van der Waals surface area (Å²) in [5.41, 5.74) is 0.662. The number of nitrogens with one attached hydrogen (secondary N) is 1. The van der Waals surface area contributed by atoms with E-state index in [0.717, 1.165) is 12.2 Å². The molecular formula is C13H17F2N5. The predicted octanol–water partition coefficient (Wildman–Crippen LogP) is 2.67. The Morgan fingerprint density at radius 1 is 1.45 bits per heavy atom. The van der Waals surface area contributed by atoms with Gasteiger partial charge < -0.3 is 5.32 Å². The summed E-state index contributed by atoms with van der Waals surface area (Å²) in [6.07, 6.45) is 3.63. The highest BCUT2D eigenvalue weighted by molar-refractivity contribution is 5.49. The average molecular weight is 281 g/mol. The Balaban J connectivity index is 1.73. The first kappa shape index (κ1) is 13.2. The third kappa shape index (κ3) is 2.44. The van der Waals surface area contributed by atoms with Crippen LogP contribution in [0.5, 0.6) is 0 Å². The molecule has 3 rings (SSSR count). The first-order valence-electron chi connectivity index (χ1n) is 6.85. The van der Waals surface area contributed by atoms with E-state index in [-0.39, 0.29) is 13.0 Å². The zero-order chi connectivity index (χ0) is 14.2. The van der Waals surface area contributed by atoms with Crippen molar-refractivity contribution in [3.63, 3.8) is 0 Å². The second-order valence-corrected chi connectivity index (χ2v) is 5.33. The Labute approximate surface area is 115 Å². The maximum Gasteiger partial charge on any atom is 0.252 e. The summed E-state index contributed by atoms with van der Waals surface area (Å²) in [5.74, 6) is -1.89. The summed E-state index contributed by atoms with van der Waals surface area (Å²) in [7, 11) is 0. The zero-order valence-electron chi connectivity index (χ0n) is 11.3. The molecule has 1 aliphatic carbocycles. The highest BCUT2D eigenvalue weighted by Gasteiger charge is 2.40. The number of rotatable bonds is 3. The second kappa shape index (κ2) is 4.96. The fourth-order valence-corrected chi connectivity index (χ4v) is 2.71. The van der Waals surface area contributed by atoms with Crippen LogP contribution in [-0.2, 0) is 0 Å². The van der Waals surface area contributed by atoms with E-state index in [4.69, 9.17) is 0 Å². The molecule has 0 bridgehead atoms. The summed E-state index contributed by atoms with van der Waals surface area (Å²) in [6, 6.07) is 1.72. The van der Waals surface area contributed by atoms with Crippen molar-refractivity contribution in [1.29, 1.82) is 0 Å². The minimum Gasteiger partial charge on any atom is -0.369 e. The molecule has 0 radical (unpaired) electrons. The number of aromatic nitrogens is 4. The lowest BCUT2D eigenvalue weighted by Crippen LogP contribution is -2.36. The van der Waals surface area contributed by atoms with Gasteiger partial charge in [-0.05, 0) is 19.8 Å². The number of aryl methyl sites for hydroxylation is 1. The van der Waals surface area contributed by atoms with Crippen LogP contribution in [0.3, 0.4) is 0 Å². The first-order valence-corrected chi connectivity index (χ1v) is 6.85. The molecule has 1 N–H and O–H groups in total. The monoisotopic (exact) mass is 281 g/mol. The molecule has 1 atom stereocenters. The van der Waals surface area contributed by atoms with Gasteiger partial charge in [-0.15, -0.1) is 10.2 Å². The molecule has 0 aromatic carbocycles. The summed E-state index contributed by atoms with van der Waals surface area (Å²) >= 11 is 0. The number of anilines is 1. The minimum atomic E-state index is -2.57. The lowest BCUT2D eigenvalue weighted by Gasteiger charge is -2.31. The zero-order valence-corrected chi connectivity index (χ0v) is 11.3. The SMILES string of the molecule is Cc1nc(NCC2CCCCC2(F)F)cc2nncn12. The molecule has 1 fully saturated rings. The van der Waals surface area contributed by atoms with Gasteiger partial charge in [0.05, 0.1) is 0 Å². The molecule has 0 spiro atoms. The van der Waals surface area contributed by atoms with Crippen LogP contribution in [0.2, 0.25) is 0 Å². The molecule has 1 saturated carbocycles. The molecular weight excluding hydrogens is 264 g/mol. The quantitative estimate of drug-likeness (QED) is 0.939. The lowest BCUT2D eigenvalue weighted by atomic mass is 9.85. The van der Waals surface area contributed by atoms with Gasteiger partial charge in [0.1, 0.15) is 18.0 Å². The Bertz CT molecular complexity index is 610. The summed E-state index contributed by atoms with van der Waals surface area (Å²) in [5, 5.41) is 10.8. The topological polar surface area (TPSA) is 55.1 Å². The van der Waals surface area contributed by atoms with Crippen molar-refractivity contribution >= 4 is 11.5 Å². The molecule has 0 aliphatic heterocycles. The molecule has 1 aliphatic rings. The van der Waals surface area contributed by atoms with Gasteiger partial charge in [-0.3, -0.25) is 4.40 Å². The Morgan fingerprint density at radius 3 is 3.10 bits per heavy atom. The van der Waals surface area contributed by atoms with Gasteiger partial charge in [0.25, 0.3) is 5.92 Å². The highest BCUT2D eigenvalue weighted by atomic mass is 19.3. The van der Waals surface area contributed by atoms with Crippen LogP contribution in [0.1, 0.15) is 31.5 Å². The molecule has 108 valence electrons. The standard InChI is InChI=1S/C13H17F2N5/c1-9-18-11(6-12-19-17-8-20(9)12)16-7-10-4-2-3-5-13(10,14)15/h6,8,10,16H,2-5,7H2,1H3. The summed E-state index contributed by atoms with van der Waals surface area (Å²) in [6.45, 7) is 2.07. The van der Waals surface area contributed by atoms with E-state index in [1.54, 1.807) is 16.8 Å². The third-order valence-electron chi connectivity index (χ3n) is 3.91. The predicted molar refractivity (Wildman–Crippen MR) is 70.9 cm³/mol. The van der Waals surface area contributed by atoms with E-state index in [0.29, 0.717) is 24.3 Å². The smallest absolute Gasteiger partial charge is 0.252 e. The van der Waals surface area contributed by atoms with Crippen molar-refractivity contribution in [2.24, 2.45) is 5.92 Å². The fourth-order valence-electron chi connectivity index (χ4n) is 2.71. The van der Waals surface area contributed by atoms with E-state index in [2.05, 4.69) is 20.5 Å². The van der Waals surface area contributed by atoms with Crippen LogP contribution < -0.4 is 5.32 Å². The molecule has 0 saturated heterocycles. The van der Waals surface area contributed by atoms with Crippen molar-refractivity contribution in [2.45, 2.75) is 38.5 Å². The number of hydrogen-bond donors (Lipinski definition) is 1. The molecule has 2 heterocycles. The summed E-state index contributed by atoms with van der Waals surface area (Å²) < 4.78 is 29.3. The van der Waals surface area contributed by atoms with Crippen molar-refractivity contribution in [3.05, 3.63) is 18.2 Å². The molecule has 7 heteroatoms. The van der Waals surface area contributed by atoms with E-state index in [1.165, 1.54) is 0 Å². The van der Waals surface area contributed by atoms with E-state index in [9.17, 15) is 8.78 Å². The van der Waals surface area contributed by atoms with Crippen molar-refractivity contribution in [3.8, 4) is 0 Å². The number of hydrogen-bond acceptors (Lipinski definition) is 4. The third-order valence-corrected chi connectivity index (χ3v) is 3.91. The van der Waals surface area contributed by atoms with Crippen LogP contribution in [-0.4, -0.2) is 32.0 Å². The van der Waals surface area contributed by atoms with Crippen LogP contribution in [0.25, 0.3) is 5.65 Å². The first-order chi connectivity index (χ1) is 9.56. The van der Waals surface area contributed by atoms with Gasteiger partial charge in [0.15, 0.2) is 5.65 Å². The maximum absolute atomic E-state index is 13.8. The van der Waals surface area contributed by atoms with Gasteiger partial charge in [-0.25, -0.2) is 13.8 Å². The molecule has 1 unspecified atom stereocenters. The molecule has 2 aromatic rings. The molecule has 20 heavy (non-hydrogen) atoms. The van der Waals surface area contributed by atoms with Gasteiger partial charge in [-0.1, -0.05) is 6.42 Å². The molecule has 2 aromatic heterocycles. The number of alkyl halides is 2. The Morgan fingerprint density at radius 2 is 2.30 bits per heavy atom. The van der Waals surface area contributed by atoms with Crippen molar-refractivity contribution in [2.75, 3.05) is 11.9 Å². The largest absolute Gasteiger partial charge is 0.369 e. The highest BCUT2D eigenvalue weighted by Crippen LogP contribution is 2.38. The number of fused-ring (bicyclic) bond motifs is 1. The lowest BCUT2D eigenvalue weighted by molar-refractivity contribution is -0.0802. The summed E-state index contributed by atoms with van der Waals surface area (Å²) in [4.78, 5) is 4.33. The van der Waals surface area contributed by atoms with Crippen LogP contribution >= 0.6 is 0 Å². The van der Waals surface area contributed by atoms with Gasteiger partial charge in [0, 0.05) is 24.9 Å². The van der Waals surface area contributed by atoms with Gasteiger partial charge in [0.2, 0.25) is 0 Å². The van der Waals surface area contributed by atoms with Crippen LogP contribution in [0.4, 0.5) is 14.6 Å². The van der Waals surface area contributed by atoms with E-state index >= 15 is 0 Å². The van der Waals surface area contributed by atoms with Gasteiger partial charge >= 0.3 is 0 Å². The van der Waals surface area contributed by atoms with E-state index in [1.807, 2.05) is 6.92 Å².